The van der Waals surface area contributed by atoms with Crippen LogP contribution in [-0.2, 0) is 0 Å². The molecule has 2 aromatic heterocycles. The Morgan fingerprint density at radius 1 is 1.37 bits per heavy atom. The molecule has 0 fully saturated rings. The highest BCUT2D eigenvalue weighted by atomic mass is 16.5. The van der Waals surface area contributed by atoms with E-state index in [1.54, 1.807) is 25.6 Å². The minimum Gasteiger partial charge on any atom is -0.494 e. The quantitative estimate of drug-likeness (QED) is 0.912. The summed E-state index contributed by atoms with van der Waals surface area (Å²) >= 11 is 0. The molecule has 2 rings (SSSR count). The number of rotatable bonds is 3. The van der Waals surface area contributed by atoms with E-state index < -0.39 is 0 Å². The van der Waals surface area contributed by atoms with Gasteiger partial charge in [0.1, 0.15) is 5.75 Å². The molecule has 0 spiro atoms. The van der Waals surface area contributed by atoms with Crippen molar-refractivity contribution < 1.29 is 9.26 Å². The third-order valence-electron chi connectivity index (χ3n) is 2.89. The Morgan fingerprint density at radius 2 is 2.11 bits per heavy atom. The van der Waals surface area contributed by atoms with Crippen LogP contribution in [0, 0.1) is 5.41 Å². The highest BCUT2D eigenvalue weighted by Crippen LogP contribution is 2.32. The van der Waals surface area contributed by atoms with Crippen LogP contribution in [-0.4, -0.2) is 22.2 Å². The first-order valence-electron chi connectivity index (χ1n) is 6.01. The van der Waals surface area contributed by atoms with Crippen LogP contribution in [0.3, 0.4) is 0 Å². The van der Waals surface area contributed by atoms with E-state index in [0.29, 0.717) is 23.0 Å². The van der Waals surface area contributed by atoms with Gasteiger partial charge in [-0.15, -0.1) is 0 Å². The third kappa shape index (κ3) is 2.73. The monoisotopic (exact) mass is 262 g/mol. The summed E-state index contributed by atoms with van der Waals surface area (Å²) in [6.45, 7) is 6.09. The molecule has 0 saturated heterocycles. The lowest BCUT2D eigenvalue weighted by atomic mass is 9.87. The summed E-state index contributed by atoms with van der Waals surface area (Å²) in [5.74, 6) is 1.46. The van der Waals surface area contributed by atoms with Crippen LogP contribution >= 0.6 is 0 Å². The van der Waals surface area contributed by atoms with Crippen molar-refractivity contribution in [1.82, 2.24) is 15.1 Å². The van der Waals surface area contributed by atoms with Crippen molar-refractivity contribution in [2.75, 3.05) is 7.11 Å². The predicted octanol–water partition coefficient (Wildman–Crippen LogP) is 2.19. The minimum atomic E-state index is -0.294. The molecule has 102 valence electrons. The van der Waals surface area contributed by atoms with Crippen LogP contribution < -0.4 is 10.5 Å². The van der Waals surface area contributed by atoms with Crippen molar-refractivity contribution in [2.24, 2.45) is 11.1 Å². The third-order valence-corrected chi connectivity index (χ3v) is 2.89. The van der Waals surface area contributed by atoms with Crippen molar-refractivity contribution in [3.63, 3.8) is 0 Å². The molecule has 0 radical (unpaired) electrons. The van der Waals surface area contributed by atoms with Crippen LogP contribution in [0.25, 0.3) is 11.5 Å². The van der Waals surface area contributed by atoms with E-state index in [9.17, 15) is 0 Å². The van der Waals surface area contributed by atoms with E-state index in [0.717, 1.165) is 0 Å². The first-order valence-corrected chi connectivity index (χ1v) is 6.01. The average Bonchev–Trinajstić information content (AvgIpc) is 2.86. The number of hydrogen-bond donors (Lipinski definition) is 1. The smallest absolute Gasteiger partial charge is 0.261 e. The second-order valence-corrected chi connectivity index (χ2v) is 5.38. The zero-order valence-electron chi connectivity index (χ0n) is 11.5. The molecule has 19 heavy (non-hydrogen) atoms. The van der Waals surface area contributed by atoms with Crippen molar-refractivity contribution in [3.8, 4) is 17.2 Å². The highest BCUT2D eigenvalue weighted by Gasteiger charge is 2.27. The van der Waals surface area contributed by atoms with Crippen LogP contribution in [0.4, 0.5) is 0 Å². The van der Waals surface area contributed by atoms with Gasteiger partial charge in [-0.3, -0.25) is 4.98 Å². The molecular formula is C13H18N4O2. The lowest BCUT2D eigenvalue weighted by molar-refractivity contribution is 0.303. The summed E-state index contributed by atoms with van der Waals surface area (Å²) in [5.41, 5.74) is 6.68. The van der Waals surface area contributed by atoms with Crippen LogP contribution in [0.2, 0.25) is 0 Å². The summed E-state index contributed by atoms with van der Waals surface area (Å²) in [5, 5.41) is 3.95. The topological polar surface area (TPSA) is 87.1 Å². The maximum absolute atomic E-state index is 6.11. The van der Waals surface area contributed by atoms with Gasteiger partial charge in [-0.1, -0.05) is 25.9 Å². The molecule has 0 bridgehead atoms. The minimum absolute atomic E-state index is 0.135. The van der Waals surface area contributed by atoms with Gasteiger partial charge in [-0.05, 0) is 11.5 Å². The molecule has 0 aliphatic rings. The van der Waals surface area contributed by atoms with E-state index >= 15 is 0 Å². The summed E-state index contributed by atoms with van der Waals surface area (Å²) in [6, 6.07) is 1.47. The molecular weight excluding hydrogens is 244 g/mol. The molecule has 1 atom stereocenters. The van der Waals surface area contributed by atoms with E-state index in [1.807, 2.05) is 20.8 Å². The zero-order valence-corrected chi connectivity index (χ0v) is 11.5. The predicted molar refractivity (Wildman–Crippen MR) is 70.5 cm³/mol. The van der Waals surface area contributed by atoms with Crippen LogP contribution in [0.5, 0.6) is 5.75 Å². The molecule has 0 saturated carbocycles. The Hall–Kier alpha value is -1.95. The maximum atomic E-state index is 6.11. The fraction of sp³-hybridized carbons (Fsp3) is 0.462. The van der Waals surface area contributed by atoms with Crippen molar-refractivity contribution in [1.29, 1.82) is 0 Å². The van der Waals surface area contributed by atoms with Crippen molar-refractivity contribution >= 4 is 0 Å². The number of nitrogens with two attached hydrogens (primary N) is 1. The first kappa shape index (κ1) is 13.5. The van der Waals surface area contributed by atoms with Crippen molar-refractivity contribution in [2.45, 2.75) is 26.8 Å². The Bertz CT molecular complexity index is 560. The van der Waals surface area contributed by atoms with E-state index in [4.69, 9.17) is 15.0 Å². The molecule has 0 aromatic carbocycles. The van der Waals surface area contributed by atoms with Gasteiger partial charge < -0.3 is 15.0 Å². The summed E-state index contributed by atoms with van der Waals surface area (Å²) < 4.78 is 10.5. The summed E-state index contributed by atoms with van der Waals surface area (Å²) in [4.78, 5) is 8.33. The van der Waals surface area contributed by atoms with E-state index in [2.05, 4.69) is 15.1 Å². The molecule has 0 amide bonds. The fourth-order valence-corrected chi connectivity index (χ4v) is 1.58. The lowest BCUT2D eigenvalue weighted by Crippen LogP contribution is -2.27. The van der Waals surface area contributed by atoms with Gasteiger partial charge in [-0.2, -0.15) is 4.98 Å². The van der Waals surface area contributed by atoms with Crippen molar-refractivity contribution in [3.05, 3.63) is 24.3 Å². The van der Waals surface area contributed by atoms with Crippen LogP contribution in [0.1, 0.15) is 32.6 Å². The number of methoxy groups -OCH3 is 1. The Labute approximate surface area is 112 Å². The molecule has 0 aliphatic carbocycles. The Morgan fingerprint density at radius 3 is 2.74 bits per heavy atom. The maximum Gasteiger partial charge on any atom is 0.261 e. The second kappa shape index (κ2) is 4.97. The first-order chi connectivity index (χ1) is 8.93. The summed E-state index contributed by atoms with van der Waals surface area (Å²) in [6.07, 6.45) is 3.24. The molecule has 2 N–H and O–H groups in total. The molecule has 0 aliphatic heterocycles. The van der Waals surface area contributed by atoms with Gasteiger partial charge in [0.25, 0.3) is 5.89 Å². The normalized spacial score (nSPS) is 13.3. The lowest BCUT2D eigenvalue weighted by Gasteiger charge is -2.23. The second-order valence-electron chi connectivity index (χ2n) is 5.38. The molecule has 1 unspecified atom stereocenters. The van der Waals surface area contributed by atoms with Gasteiger partial charge in [0, 0.05) is 6.20 Å². The zero-order chi connectivity index (χ0) is 14.0. The molecule has 6 heteroatoms. The molecule has 2 heterocycles. The largest absolute Gasteiger partial charge is 0.494 e. The molecule has 2 aromatic rings. The number of pyridine rings is 1. The Kier molecular flexibility index (Phi) is 3.53. The Balaban J connectivity index is 2.36. The average molecular weight is 262 g/mol. The number of aromatic nitrogens is 3. The fourth-order valence-electron chi connectivity index (χ4n) is 1.58. The standard InChI is InChI=1S/C13H18N4O2/c1-13(2,3)10(14)11-16-12(19-17-11)8-5-6-15-7-9(8)18-4/h5-7,10H,14H2,1-4H3. The van der Waals surface area contributed by atoms with Gasteiger partial charge in [0.05, 0.1) is 24.9 Å². The van der Waals surface area contributed by atoms with E-state index in [1.165, 1.54) is 0 Å². The number of nitrogens with zero attached hydrogens (tertiary/aromatic N) is 3. The number of ether oxygens (including phenoxy) is 1. The van der Waals surface area contributed by atoms with Crippen LogP contribution in [0.15, 0.2) is 23.0 Å². The van der Waals surface area contributed by atoms with Gasteiger partial charge >= 0.3 is 0 Å². The SMILES string of the molecule is COc1cnccc1-c1nc(C(N)C(C)(C)C)no1. The summed E-state index contributed by atoms with van der Waals surface area (Å²) in [7, 11) is 1.57. The number of hydrogen-bond acceptors (Lipinski definition) is 6. The molecule has 6 nitrogen and oxygen atoms in total. The van der Waals surface area contributed by atoms with Gasteiger partial charge in [0.15, 0.2) is 5.82 Å². The van der Waals surface area contributed by atoms with E-state index in [-0.39, 0.29) is 11.5 Å². The van der Waals surface area contributed by atoms with Gasteiger partial charge in [-0.25, -0.2) is 0 Å². The highest BCUT2D eigenvalue weighted by molar-refractivity contribution is 5.61. The van der Waals surface area contributed by atoms with Gasteiger partial charge in [0.2, 0.25) is 0 Å².